The monoisotopic (exact) mass is 372 g/mol. The molecule has 0 saturated heterocycles. The number of nitro benzene ring substituents is 1. The Morgan fingerprint density at radius 1 is 1.42 bits per heavy atom. The molecule has 1 aromatic heterocycles. The van der Waals surface area contributed by atoms with Gasteiger partial charge >= 0.3 is 11.9 Å². The van der Waals surface area contributed by atoms with Gasteiger partial charge in [-0.2, -0.15) is 13.2 Å². The smallest absolute Gasteiger partial charge is 0.406 e. The third-order valence-corrected chi connectivity index (χ3v) is 3.50. The van der Waals surface area contributed by atoms with Gasteiger partial charge in [0, 0.05) is 31.1 Å². The molecule has 26 heavy (non-hydrogen) atoms. The number of aromatic nitrogens is 2. The highest BCUT2D eigenvalue weighted by molar-refractivity contribution is 5.95. The number of ether oxygens (including phenoxy) is 1. The molecule has 140 valence electrons. The van der Waals surface area contributed by atoms with Crippen molar-refractivity contribution in [3.63, 3.8) is 0 Å². The van der Waals surface area contributed by atoms with Gasteiger partial charge in [0.15, 0.2) is 5.75 Å². The van der Waals surface area contributed by atoms with E-state index < -0.39 is 23.6 Å². The highest BCUT2D eigenvalue weighted by Crippen LogP contribution is 2.28. The molecule has 0 spiro atoms. The second-order valence-corrected chi connectivity index (χ2v) is 5.39. The number of nitrogens with zero attached hydrogens (tertiary/aromatic N) is 4. The lowest BCUT2D eigenvalue weighted by molar-refractivity contribution is -0.385. The lowest BCUT2D eigenvalue weighted by atomic mass is 10.1. The van der Waals surface area contributed by atoms with Crippen molar-refractivity contribution in [1.29, 1.82) is 0 Å². The van der Waals surface area contributed by atoms with Crippen molar-refractivity contribution in [2.24, 2.45) is 0 Å². The molecule has 0 aliphatic heterocycles. The molecule has 1 amide bonds. The van der Waals surface area contributed by atoms with Gasteiger partial charge in [-0.15, -0.1) is 0 Å². The van der Waals surface area contributed by atoms with Crippen LogP contribution in [-0.2, 0) is 13.1 Å². The van der Waals surface area contributed by atoms with Crippen LogP contribution in [0.3, 0.4) is 0 Å². The number of carbonyl (C=O) groups excluding carboxylic acids is 1. The van der Waals surface area contributed by atoms with Crippen molar-refractivity contribution in [1.82, 2.24) is 14.5 Å². The van der Waals surface area contributed by atoms with E-state index in [4.69, 9.17) is 4.74 Å². The van der Waals surface area contributed by atoms with E-state index in [9.17, 15) is 28.1 Å². The number of imidazole rings is 1. The van der Waals surface area contributed by atoms with E-state index in [2.05, 4.69) is 4.98 Å². The first-order valence-electron chi connectivity index (χ1n) is 7.27. The molecular weight excluding hydrogens is 357 g/mol. The van der Waals surface area contributed by atoms with Gasteiger partial charge in [-0.05, 0) is 12.1 Å². The minimum absolute atomic E-state index is 0.00470. The zero-order chi connectivity index (χ0) is 19.5. The van der Waals surface area contributed by atoms with Gasteiger partial charge in [-0.1, -0.05) is 0 Å². The molecule has 0 aliphatic rings. The van der Waals surface area contributed by atoms with Gasteiger partial charge < -0.3 is 14.2 Å². The minimum Gasteiger partial charge on any atom is -0.490 e. The zero-order valence-corrected chi connectivity index (χ0v) is 13.9. The lowest BCUT2D eigenvalue weighted by Crippen LogP contribution is -2.29. The molecule has 11 heteroatoms. The summed E-state index contributed by atoms with van der Waals surface area (Å²) in [6.07, 6.45) is -2.05. The molecule has 0 aliphatic carbocycles. The van der Waals surface area contributed by atoms with E-state index in [0.717, 1.165) is 15.5 Å². The number of halogens is 3. The Kier molecular flexibility index (Phi) is 5.48. The predicted molar refractivity (Wildman–Crippen MR) is 83.7 cm³/mol. The second kappa shape index (κ2) is 7.42. The maximum Gasteiger partial charge on any atom is 0.406 e. The first kappa shape index (κ1) is 19.2. The first-order valence-corrected chi connectivity index (χ1v) is 7.27. The number of amides is 1. The van der Waals surface area contributed by atoms with Crippen molar-refractivity contribution in [2.75, 3.05) is 14.2 Å². The van der Waals surface area contributed by atoms with Crippen molar-refractivity contribution >= 4 is 11.6 Å². The van der Waals surface area contributed by atoms with E-state index in [0.29, 0.717) is 0 Å². The predicted octanol–water partition coefficient (Wildman–Crippen LogP) is 2.63. The van der Waals surface area contributed by atoms with Gasteiger partial charge in [-0.25, -0.2) is 4.98 Å². The van der Waals surface area contributed by atoms with Crippen LogP contribution in [0.4, 0.5) is 18.9 Å². The molecule has 1 aromatic carbocycles. The van der Waals surface area contributed by atoms with Crippen LogP contribution in [0.1, 0.15) is 16.2 Å². The number of alkyl halides is 3. The summed E-state index contributed by atoms with van der Waals surface area (Å²) >= 11 is 0. The molecule has 1 heterocycles. The Morgan fingerprint density at radius 2 is 2.12 bits per heavy atom. The standard InChI is InChI=1S/C15H15F3N4O4/c1-20(8-13-19-5-6-21(13)9-15(16,17)18)14(23)10-3-4-12(26-2)11(7-10)22(24)25/h3-7H,8-9H2,1-2H3. The molecular formula is C15H15F3N4O4. The van der Waals surface area contributed by atoms with Gasteiger partial charge in [0.05, 0.1) is 18.6 Å². The summed E-state index contributed by atoms with van der Waals surface area (Å²) in [5.74, 6) is -0.562. The van der Waals surface area contributed by atoms with Crippen LogP contribution in [-0.4, -0.2) is 45.6 Å². The third kappa shape index (κ3) is 4.49. The molecule has 0 radical (unpaired) electrons. The Morgan fingerprint density at radius 3 is 2.69 bits per heavy atom. The van der Waals surface area contributed by atoms with Crippen molar-refractivity contribution in [2.45, 2.75) is 19.3 Å². The van der Waals surface area contributed by atoms with Crippen LogP contribution in [0.5, 0.6) is 5.75 Å². The normalized spacial score (nSPS) is 11.3. The van der Waals surface area contributed by atoms with E-state index in [1.165, 1.54) is 38.7 Å². The molecule has 0 atom stereocenters. The quantitative estimate of drug-likeness (QED) is 0.574. The summed E-state index contributed by atoms with van der Waals surface area (Å²) in [7, 11) is 2.63. The zero-order valence-electron chi connectivity index (χ0n) is 13.9. The van der Waals surface area contributed by atoms with E-state index in [-0.39, 0.29) is 29.4 Å². The molecule has 2 aromatic rings. The van der Waals surface area contributed by atoms with Crippen molar-refractivity contribution in [3.05, 3.63) is 52.1 Å². The average molecular weight is 372 g/mol. The molecule has 0 N–H and O–H groups in total. The highest BCUT2D eigenvalue weighted by atomic mass is 19.4. The van der Waals surface area contributed by atoms with E-state index in [1.54, 1.807) is 0 Å². The fourth-order valence-electron chi connectivity index (χ4n) is 2.30. The SMILES string of the molecule is COc1ccc(C(=O)N(C)Cc2nccn2CC(F)(F)F)cc1[N+](=O)[O-]. The number of methoxy groups -OCH3 is 1. The Bertz CT molecular complexity index is 819. The lowest BCUT2D eigenvalue weighted by Gasteiger charge is -2.18. The highest BCUT2D eigenvalue weighted by Gasteiger charge is 2.29. The molecule has 0 unspecified atom stereocenters. The summed E-state index contributed by atoms with van der Waals surface area (Å²) in [5.41, 5.74) is -0.376. The van der Waals surface area contributed by atoms with Crippen molar-refractivity contribution < 1.29 is 27.6 Å². The first-order chi connectivity index (χ1) is 12.1. The van der Waals surface area contributed by atoms with Crippen molar-refractivity contribution in [3.8, 4) is 5.75 Å². The van der Waals surface area contributed by atoms with Crippen LogP contribution in [0.25, 0.3) is 0 Å². The van der Waals surface area contributed by atoms with Crippen LogP contribution < -0.4 is 4.74 Å². The van der Waals surface area contributed by atoms with E-state index in [1.807, 2.05) is 0 Å². The summed E-state index contributed by atoms with van der Waals surface area (Å²) in [6.45, 7) is -1.42. The average Bonchev–Trinajstić information content (AvgIpc) is 2.98. The fraction of sp³-hybridized carbons (Fsp3) is 0.333. The fourth-order valence-corrected chi connectivity index (χ4v) is 2.30. The molecule has 2 rings (SSSR count). The Hall–Kier alpha value is -3.11. The molecule has 0 saturated carbocycles. The van der Waals surface area contributed by atoms with Crippen LogP contribution in [0.2, 0.25) is 0 Å². The van der Waals surface area contributed by atoms with E-state index >= 15 is 0 Å². The maximum absolute atomic E-state index is 12.5. The summed E-state index contributed by atoms with van der Waals surface area (Å²) < 4.78 is 43.4. The Labute approximate surface area is 146 Å². The largest absolute Gasteiger partial charge is 0.490 e. The number of hydrogen-bond acceptors (Lipinski definition) is 5. The number of benzene rings is 1. The topological polar surface area (TPSA) is 90.5 Å². The minimum atomic E-state index is -4.42. The van der Waals surface area contributed by atoms with Gasteiger partial charge in [0.2, 0.25) is 0 Å². The van der Waals surface area contributed by atoms with Crippen LogP contribution >= 0.6 is 0 Å². The number of hydrogen-bond donors (Lipinski definition) is 0. The van der Waals surface area contributed by atoms with Crippen LogP contribution in [0, 0.1) is 10.1 Å². The molecule has 8 nitrogen and oxygen atoms in total. The maximum atomic E-state index is 12.5. The summed E-state index contributed by atoms with van der Waals surface area (Å²) in [6, 6.07) is 3.68. The number of nitro groups is 1. The third-order valence-electron chi connectivity index (χ3n) is 3.50. The Balaban J connectivity index is 2.20. The summed E-state index contributed by atoms with van der Waals surface area (Å²) in [5, 5.41) is 11.0. The number of carbonyl (C=O) groups is 1. The second-order valence-electron chi connectivity index (χ2n) is 5.39. The van der Waals surface area contributed by atoms with Gasteiger partial charge in [0.1, 0.15) is 12.4 Å². The molecule has 0 bridgehead atoms. The van der Waals surface area contributed by atoms with Gasteiger partial charge in [-0.3, -0.25) is 14.9 Å². The number of rotatable bonds is 6. The van der Waals surface area contributed by atoms with Gasteiger partial charge in [0.25, 0.3) is 5.91 Å². The molecule has 0 fully saturated rings. The summed E-state index contributed by atoms with van der Waals surface area (Å²) in [4.78, 5) is 27.8. The van der Waals surface area contributed by atoms with Crippen LogP contribution in [0.15, 0.2) is 30.6 Å².